The van der Waals surface area contributed by atoms with Gasteiger partial charge in [-0.05, 0) is 131 Å². The number of alkyl halides is 3. The van der Waals surface area contributed by atoms with Crippen LogP contribution in [0.5, 0.6) is 11.5 Å². The Hall–Kier alpha value is -8.16. The molecule has 5 aromatic heterocycles. The first kappa shape index (κ1) is 60.9. The van der Waals surface area contributed by atoms with Crippen LogP contribution in [-0.2, 0) is 39.6 Å². The Morgan fingerprint density at radius 3 is 1.74 bits per heavy atom. The number of fused-ring (bicyclic) bond motifs is 2. The van der Waals surface area contributed by atoms with Gasteiger partial charge in [0.25, 0.3) is 22.9 Å². The summed E-state index contributed by atoms with van der Waals surface area (Å²) >= 11 is 0. The second-order valence-corrected chi connectivity index (χ2v) is 27.1. The molecule has 0 atom stereocenters. The number of nitrogens with zero attached hydrogens (tertiary/aromatic N) is 6. The lowest BCUT2D eigenvalue weighted by Gasteiger charge is -2.36. The molecule has 2 saturated carbocycles. The topological polar surface area (TPSA) is 243 Å². The maximum absolute atomic E-state index is 15.0. The van der Waals surface area contributed by atoms with Gasteiger partial charge in [0.2, 0.25) is 20.0 Å². The smallest absolute Gasteiger partial charge is 0.401 e. The molecule has 1 aliphatic heterocycles. The third-order valence-electron chi connectivity index (χ3n) is 16.8. The van der Waals surface area contributed by atoms with Crippen molar-refractivity contribution in [3.8, 4) is 22.6 Å². The number of hydrogen-bond acceptors (Lipinski definition) is 14. The van der Waals surface area contributed by atoms with Crippen LogP contribution < -0.4 is 41.0 Å². The fourth-order valence-corrected chi connectivity index (χ4v) is 15.9. The number of benzene rings is 2. The van der Waals surface area contributed by atoms with Gasteiger partial charge in [-0.25, -0.2) is 29.8 Å². The molecule has 10 rings (SSSR count). The van der Waals surface area contributed by atoms with Crippen LogP contribution >= 0.6 is 0 Å². The van der Waals surface area contributed by atoms with Crippen LogP contribution in [-0.4, -0.2) is 133 Å². The minimum Gasteiger partial charge on any atom is -0.496 e. The number of carbonyl (C=O) groups is 2. The number of nitrogens with one attached hydrogen (secondary N) is 4. The van der Waals surface area contributed by atoms with E-state index in [1.54, 1.807) is 94.7 Å². The zero-order chi connectivity index (χ0) is 61.8. The maximum atomic E-state index is 15.0. The van der Waals surface area contributed by atoms with Gasteiger partial charge in [0.15, 0.2) is 0 Å². The monoisotopic (exact) mass is 1220 g/mol. The lowest BCUT2D eigenvalue weighted by Crippen LogP contribution is -2.49. The summed E-state index contributed by atoms with van der Waals surface area (Å²) in [7, 11) is -3.58. The molecule has 456 valence electrons. The van der Waals surface area contributed by atoms with Crippen LogP contribution in [0.15, 0.2) is 102 Å². The lowest BCUT2D eigenvalue weighted by molar-refractivity contribution is -0.146. The molecule has 1 saturated heterocycles. The SMILES string of the molecule is C=CCC1(S(=O)(=O)n2cc(C)c3c(C(=O)NCc4c(OC)cc(C)[nH]c4=O)cc(-c4ccc(N(C)CCc5cn(S(=O)(=O)C6(CC=C)CC6)c6cc(N7CCN(CC(F)(F)F)CC7)cc(C(=O)NCc7c(OC)cc(C)[nH]c7=O)c56)nc4)cc32)CC1. The van der Waals surface area contributed by atoms with Gasteiger partial charge in [-0.15, -0.1) is 13.2 Å². The molecule has 20 nitrogen and oxygen atoms in total. The average molecular weight is 1220 g/mol. The summed E-state index contributed by atoms with van der Waals surface area (Å²) in [6, 6.07) is 13.4. The van der Waals surface area contributed by atoms with Gasteiger partial charge in [-0.2, -0.15) is 13.2 Å². The zero-order valence-electron chi connectivity index (χ0n) is 48.7. The number of ether oxygens (including phenoxy) is 2. The van der Waals surface area contributed by atoms with Crippen molar-refractivity contribution in [2.75, 3.05) is 70.3 Å². The largest absolute Gasteiger partial charge is 0.496 e. The highest BCUT2D eigenvalue weighted by atomic mass is 32.2. The molecule has 6 heterocycles. The van der Waals surface area contributed by atoms with E-state index in [0.717, 1.165) is 0 Å². The van der Waals surface area contributed by atoms with E-state index in [-0.39, 0.29) is 110 Å². The highest BCUT2D eigenvalue weighted by Gasteiger charge is 2.56. The van der Waals surface area contributed by atoms with Gasteiger partial charge >= 0.3 is 6.18 Å². The van der Waals surface area contributed by atoms with Crippen molar-refractivity contribution in [3.63, 3.8) is 0 Å². The number of pyridine rings is 3. The number of H-pyrrole nitrogens is 2. The Kier molecular flexibility index (Phi) is 16.5. The fourth-order valence-electron chi connectivity index (χ4n) is 11.8. The zero-order valence-corrected chi connectivity index (χ0v) is 50.4. The molecule has 86 heavy (non-hydrogen) atoms. The Morgan fingerprint density at radius 2 is 1.26 bits per heavy atom. The summed E-state index contributed by atoms with van der Waals surface area (Å²) in [5.74, 6) is -0.207. The van der Waals surface area contributed by atoms with E-state index in [2.05, 4.69) is 33.8 Å². The second-order valence-electron chi connectivity index (χ2n) is 22.7. The van der Waals surface area contributed by atoms with Crippen molar-refractivity contribution in [1.29, 1.82) is 0 Å². The van der Waals surface area contributed by atoms with Crippen LogP contribution in [0.4, 0.5) is 24.7 Å². The predicted molar refractivity (Wildman–Crippen MR) is 325 cm³/mol. The highest BCUT2D eigenvalue weighted by molar-refractivity contribution is 7.92. The number of methoxy groups -OCH3 is 2. The van der Waals surface area contributed by atoms with E-state index in [1.165, 1.54) is 39.5 Å². The molecule has 4 N–H and O–H groups in total. The van der Waals surface area contributed by atoms with Crippen LogP contribution in [0.25, 0.3) is 32.9 Å². The van der Waals surface area contributed by atoms with Crippen LogP contribution in [0.3, 0.4) is 0 Å². The number of anilines is 2. The molecule has 2 aromatic carbocycles. The van der Waals surface area contributed by atoms with E-state index in [4.69, 9.17) is 14.5 Å². The third-order valence-corrected chi connectivity index (χ3v) is 21.8. The van der Waals surface area contributed by atoms with Crippen molar-refractivity contribution < 1.29 is 49.1 Å². The van der Waals surface area contributed by atoms with Gasteiger partial charge in [0.05, 0.1) is 71.1 Å². The molecule has 25 heteroatoms. The number of allylic oxidation sites excluding steroid dienone is 2. The van der Waals surface area contributed by atoms with E-state index < -0.39 is 65.2 Å². The molecule has 3 fully saturated rings. The van der Waals surface area contributed by atoms with Crippen molar-refractivity contribution >= 4 is 65.2 Å². The molecule has 0 unspecified atom stereocenters. The summed E-state index contributed by atoms with van der Waals surface area (Å²) in [5.41, 5.74) is 3.67. The van der Waals surface area contributed by atoms with Gasteiger partial charge in [0, 0.05) is 97.3 Å². The Balaban J connectivity index is 1.01. The van der Waals surface area contributed by atoms with Crippen LogP contribution in [0.1, 0.15) is 92.9 Å². The van der Waals surface area contributed by atoms with E-state index >= 15 is 0 Å². The molecular formula is C61H69F3N10O10S2. The fraction of sp³-hybridized carbons (Fsp3) is 0.393. The summed E-state index contributed by atoms with van der Waals surface area (Å²) in [6.07, 6.45) is 5.62. The summed E-state index contributed by atoms with van der Waals surface area (Å²) in [6.45, 7) is 11.9. The van der Waals surface area contributed by atoms with Gasteiger partial charge in [0.1, 0.15) is 17.3 Å². The number of hydrogen-bond donors (Lipinski definition) is 4. The van der Waals surface area contributed by atoms with Gasteiger partial charge < -0.3 is 39.9 Å². The minimum atomic E-state index is -4.41. The van der Waals surface area contributed by atoms with Crippen molar-refractivity contribution in [1.82, 2.24) is 38.4 Å². The molecule has 2 amide bonds. The Bertz CT molecular complexity index is 4210. The molecule has 0 spiro atoms. The van der Waals surface area contributed by atoms with Crippen molar-refractivity contribution in [2.24, 2.45) is 0 Å². The van der Waals surface area contributed by atoms with E-state index in [1.807, 2.05) is 9.80 Å². The molecule has 0 radical (unpaired) electrons. The minimum absolute atomic E-state index is 0.0570. The Morgan fingerprint density at radius 1 is 0.733 bits per heavy atom. The number of aromatic nitrogens is 5. The number of rotatable bonds is 23. The first-order valence-electron chi connectivity index (χ1n) is 28.2. The predicted octanol–water partition coefficient (Wildman–Crippen LogP) is 7.77. The second kappa shape index (κ2) is 23.3. The summed E-state index contributed by atoms with van der Waals surface area (Å²) in [5, 5.41) is 6.44. The lowest BCUT2D eigenvalue weighted by atomic mass is 9.99. The first-order chi connectivity index (χ1) is 40.8. The number of amides is 2. The first-order valence-corrected chi connectivity index (χ1v) is 31.0. The quantitative estimate of drug-likeness (QED) is 0.0448. The Labute approximate surface area is 495 Å². The molecule has 7 aromatic rings. The van der Waals surface area contributed by atoms with Gasteiger partial charge in [-0.1, -0.05) is 12.2 Å². The normalized spacial score (nSPS) is 15.8. The molecule has 0 bridgehead atoms. The third kappa shape index (κ3) is 11.5. The van der Waals surface area contributed by atoms with Crippen LogP contribution in [0.2, 0.25) is 0 Å². The van der Waals surface area contributed by atoms with E-state index in [9.17, 15) is 49.2 Å². The van der Waals surface area contributed by atoms with Gasteiger partial charge in [-0.3, -0.25) is 24.1 Å². The van der Waals surface area contributed by atoms with Crippen molar-refractivity contribution in [3.05, 3.63) is 158 Å². The van der Waals surface area contributed by atoms with Crippen LogP contribution in [0, 0.1) is 20.8 Å². The maximum Gasteiger partial charge on any atom is 0.401 e. The summed E-state index contributed by atoms with van der Waals surface area (Å²) < 4.78 is 111. The standard InChI is InChI=1S/C61H69F3N10O10S2/c1-9-14-59(16-17-59)85(79,80)73-34-37(3)53-44(55(75)66-32-46-50(83-7)25-38(4)68-57(46)77)27-42(28-48(53)73)40-11-12-52(65-31-40)70(6)20-13-41-35-74(86(81,82)60(15-10-2)18-19-60)49-30-43(72-23-21-71(22-24-72)36-61(62,63)64)29-45(54(41)49)56(76)67-33-47-51(84-8)26-39(5)69-58(47)78/h9-12,25-31,34-35H,1-2,13-24,32-33,36H2,3-8H3,(H,66,75)(H,67,76)(H,68,77)(H,69,78). The average Bonchev–Trinajstić information content (AvgIpc) is 1.60. The molecular weight excluding hydrogens is 1150 g/mol. The number of likely N-dealkylation sites (N-methyl/N-ethyl adjacent to an activating group) is 1. The molecule has 2 aliphatic carbocycles. The highest BCUT2D eigenvalue weighted by Crippen LogP contribution is 2.50. The summed E-state index contributed by atoms with van der Waals surface area (Å²) in [4.78, 5) is 70.7. The number of aromatic amines is 2. The number of piperazine rings is 1. The van der Waals surface area contributed by atoms with E-state index in [0.29, 0.717) is 81.6 Å². The number of carbonyl (C=O) groups excluding carboxylic acids is 2. The number of aryl methyl sites for hydroxylation is 3. The van der Waals surface area contributed by atoms with Crippen molar-refractivity contribution in [2.45, 2.75) is 94.5 Å². The molecule has 3 aliphatic rings. The number of halogens is 3.